The number of nitrogens with one attached hydrogen (secondary N) is 1. The van der Waals surface area contributed by atoms with Gasteiger partial charge in [-0.2, -0.15) is 4.31 Å². The van der Waals surface area contributed by atoms with Crippen LogP contribution in [-0.2, 0) is 21.4 Å². The third kappa shape index (κ3) is 6.54. The number of methoxy groups -OCH3 is 2. The van der Waals surface area contributed by atoms with Crippen LogP contribution >= 0.6 is 11.6 Å². The summed E-state index contributed by atoms with van der Waals surface area (Å²) >= 11 is 6.30. The van der Waals surface area contributed by atoms with E-state index in [4.69, 9.17) is 21.1 Å². The molecular weight excluding hydrogens is 488 g/mol. The molecule has 3 rings (SSSR count). The summed E-state index contributed by atoms with van der Waals surface area (Å²) in [4.78, 5) is 13.1. The Morgan fingerprint density at radius 3 is 2.29 bits per heavy atom. The molecule has 9 heteroatoms. The van der Waals surface area contributed by atoms with E-state index in [1.54, 1.807) is 55.6 Å². The fraction of sp³-hybridized carbons (Fsp3) is 0.269. The lowest BCUT2D eigenvalue weighted by Gasteiger charge is -2.24. The SMILES string of the molecule is COc1ccc([C@@H](C)NC(=O)CN(Cc2ccccc2Cl)S(=O)(=O)c2ccc(C)cc2)cc1OC. The number of benzene rings is 3. The first-order valence-electron chi connectivity index (χ1n) is 11.0. The topological polar surface area (TPSA) is 84.9 Å². The van der Waals surface area contributed by atoms with Crippen LogP contribution in [0.1, 0.15) is 29.7 Å². The van der Waals surface area contributed by atoms with Crippen molar-refractivity contribution in [2.24, 2.45) is 0 Å². The predicted molar refractivity (Wildman–Crippen MR) is 136 cm³/mol. The molecule has 1 N–H and O–H groups in total. The summed E-state index contributed by atoms with van der Waals surface area (Å²) in [6.07, 6.45) is 0. The Morgan fingerprint density at radius 1 is 1.00 bits per heavy atom. The van der Waals surface area contributed by atoms with Gasteiger partial charge in [-0.05, 0) is 55.3 Å². The highest BCUT2D eigenvalue weighted by molar-refractivity contribution is 7.89. The Hall–Kier alpha value is -3.07. The molecule has 0 fully saturated rings. The third-order valence-corrected chi connectivity index (χ3v) is 7.74. The fourth-order valence-corrected chi connectivity index (χ4v) is 5.12. The smallest absolute Gasteiger partial charge is 0.243 e. The average Bonchev–Trinajstić information content (AvgIpc) is 2.84. The maximum Gasteiger partial charge on any atom is 0.243 e. The van der Waals surface area contributed by atoms with E-state index < -0.39 is 22.0 Å². The van der Waals surface area contributed by atoms with Crippen molar-refractivity contribution in [1.29, 1.82) is 0 Å². The second-order valence-corrected chi connectivity index (χ2v) is 10.4. The minimum absolute atomic E-state index is 0.0476. The molecule has 1 amide bonds. The largest absolute Gasteiger partial charge is 0.493 e. The Labute approximate surface area is 211 Å². The number of nitrogens with zero attached hydrogens (tertiary/aromatic N) is 1. The molecule has 3 aromatic rings. The number of hydrogen-bond donors (Lipinski definition) is 1. The van der Waals surface area contributed by atoms with Crippen molar-refractivity contribution in [3.05, 3.63) is 88.4 Å². The van der Waals surface area contributed by atoms with Gasteiger partial charge in [-0.3, -0.25) is 4.79 Å². The number of carbonyl (C=O) groups is 1. The van der Waals surface area contributed by atoms with Gasteiger partial charge in [0.25, 0.3) is 0 Å². The molecule has 0 saturated heterocycles. The van der Waals surface area contributed by atoms with Crippen LogP contribution in [0, 0.1) is 6.92 Å². The molecule has 0 spiro atoms. The summed E-state index contributed by atoms with van der Waals surface area (Å²) in [6.45, 7) is 3.26. The molecule has 0 aromatic heterocycles. The van der Waals surface area contributed by atoms with Gasteiger partial charge in [0.15, 0.2) is 11.5 Å². The van der Waals surface area contributed by atoms with E-state index in [1.165, 1.54) is 19.2 Å². The van der Waals surface area contributed by atoms with Gasteiger partial charge in [-0.25, -0.2) is 8.42 Å². The average molecular weight is 517 g/mol. The van der Waals surface area contributed by atoms with Gasteiger partial charge < -0.3 is 14.8 Å². The van der Waals surface area contributed by atoms with Gasteiger partial charge in [0, 0.05) is 11.6 Å². The van der Waals surface area contributed by atoms with E-state index in [0.29, 0.717) is 22.1 Å². The molecule has 0 radical (unpaired) electrons. The molecule has 7 nitrogen and oxygen atoms in total. The van der Waals surface area contributed by atoms with Crippen molar-refractivity contribution >= 4 is 27.5 Å². The highest BCUT2D eigenvalue weighted by atomic mass is 35.5. The fourth-order valence-electron chi connectivity index (χ4n) is 3.55. The van der Waals surface area contributed by atoms with Crippen LogP contribution in [0.4, 0.5) is 0 Å². The quantitative estimate of drug-likeness (QED) is 0.421. The van der Waals surface area contributed by atoms with Crippen LogP contribution < -0.4 is 14.8 Å². The van der Waals surface area contributed by atoms with Gasteiger partial charge in [0.1, 0.15) is 0 Å². The number of aryl methyl sites for hydroxylation is 1. The van der Waals surface area contributed by atoms with Gasteiger partial charge in [-0.15, -0.1) is 0 Å². The lowest BCUT2D eigenvalue weighted by molar-refractivity contribution is -0.122. The summed E-state index contributed by atoms with van der Waals surface area (Å²) in [5.41, 5.74) is 2.32. The summed E-state index contributed by atoms with van der Waals surface area (Å²) in [6, 6.07) is 18.4. The number of halogens is 1. The van der Waals surface area contributed by atoms with Gasteiger partial charge in [-0.1, -0.05) is 53.6 Å². The van der Waals surface area contributed by atoms with Crippen LogP contribution in [0.5, 0.6) is 11.5 Å². The van der Waals surface area contributed by atoms with E-state index >= 15 is 0 Å². The number of carbonyl (C=O) groups excluding carboxylic acids is 1. The number of hydrogen-bond acceptors (Lipinski definition) is 5. The normalized spacial score (nSPS) is 12.3. The second-order valence-electron chi connectivity index (χ2n) is 8.08. The minimum atomic E-state index is -3.97. The Bertz CT molecular complexity index is 1280. The zero-order valence-corrected chi connectivity index (χ0v) is 21.7. The van der Waals surface area contributed by atoms with E-state index in [0.717, 1.165) is 15.4 Å². The van der Waals surface area contributed by atoms with E-state index in [-0.39, 0.29) is 18.0 Å². The van der Waals surface area contributed by atoms with Crippen LogP contribution in [0.2, 0.25) is 5.02 Å². The maximum atomic E-state index is 13.5. The molecule has 35 heavy (non-hydrogen) atoms. The molecule has 0 heterocycles. The summed E-state index contributed by atoms with van der Waals surface area (Å²) < 4.78 is 38.7. The van der Waals surface area contributed by atoms with E-state index in [1.807, 2.05) is 19.9 Å². The third-order valence-electron chi connectivity index (χ3n) is 5.57. The Morgan fingerprint density at radius 2 is 1.66 bits per heavy atom. The first-order chi connectivity index (χ1) is 16.6. The summed E-state index contributed by atoms with van der Waals surface area (Å²) in [7, 11) is -0.889. The highest BCUT2D eigenvalue weighted by Crippen LogP contribution is 2.30. The number of ether oxygens (including phenoxy) is 2. The molecule has 0 saturated carbocycles. The minimum Gasteiger partial charge on any atom is -0.493 e. The van der Waals surface area contributed by atoms with Crippen molar-refractivity contribution in [2.75, 3.05) is 20.8 Å². The van der Waals surface area contributed by atoms with E-state index in [2.05, 4.69) is 5.32 Å². The van der Waals surface area contributed by atoms with Crippen molar-refractivity contribution in [3.63, 3.8) is 0 Å². The molecule has 0 unspecified atom stereocenters. The highest BCUT2D eigenvalue weighted by Gasteiger charge is 2.28. The van der Waals surface area contributed by atoms with E-state index in [9.17, 15) is 13.2 Å². The summed E-state index contributed by atoms with van der Waals surface area (Å²) in [5, 5.41) is 3.30. The molecule has 0 aliphatic rings. The van der Waals surface area contributed by atoms with Gasteiger partial charge >= 0.3 is 0 Å². The van der Waals surface area contributed by atoms with Crippen LogP contribution in [-0.4, -0.2) is 39.4 Å². The van der Waals surface area contributed by atoms with Crippen LogP contribution in [0.15, 0.2) is 71.6 Å². The molecule has 3 aromatic carbocycles. The number of rotatable bonds is 10. The molecule has 1 atom stereocenters. The predicted octanol–water partition coefficient (Wildman–Crippen LogP) is 4.73. The lowest BCUT2D eigenvalue weighted by atomic mass is 10.1. The van der Waals surface area contributed by atoms with Crippen molar-refractivity contribution in [3.8, 4) is 11.5 Å². The first-order valence-corrected chi connectivity index (χ1v) is 12.8. The number of sulfonamides is 1. The monoisotopic (exact) mass is 516 g/mol. The van der Waals surface area contributed by atoms with Crippen molar-refractivity contribution < 1.29 is 22.7 Å². The van der Waals surface area contributed by atoms with Crippen LogP contribution in [0.25, 0.3) is 0 Å². The molecular formula is C26H29ClN2O5S. The first kappa shape index (κ1) is 26.5. The second kappa shape index (κ2) is 11.6. The van der Waals surface area contributed by atoms with Gasteiger partial charge in [0.05, 0.1) is 31.7 Å². The lowest BCUT2D eigenvalue weighted by Crippen LogP contribution is -2.41. The van der Waals surface area contributed by atoms with Crippen LogP contribution in [0.3, 0.4) is 0 Å². The zero-order valence-electron chi connectivity index (χ0n) is 20.1. The number of amides is 1. The molecule has 0 aliphatic carbocycles. The Kier molecular flexibility index (Phi) is 8.77. The summed E-state index contributed by atoms with van der Waals surface area (Å²) in [5.74, 6) is 0.660. The maximum absolute atomic E-state index is 13.5. The van der Waals surface area contributed by atoms with Crippen molar-refractivity contribution in [1.82, 2.24) is 9.62 Å². The Balaban J connectivity index is 1.84. The van der Waals surface area contributed by atoms with Gasteiger partial charge in [0.2, 0.25) is 15.9 Å². The molecule has 0 aliphatic heterocycles. The zero-order chi connectivity index (χ0) is 25.6. The standard InChI is InChI=1S/C26H29ClN2O5S/c1-18-9-12-22(13-10-18)35(31,32)29(16-21-7-5-6-8-23(21)27)17-26(30)28-19(2)20-11-14-24(33-3)25(15-20)34-4/h5-15,19H,16-17H2,1-4H3,(H,28,30)/t19-/m1/s1. The van der Waals surface area contributed by atoms with Crippen molar-refractivity contribution in [2.45, 2.75) is 31.3 Å². The molecule has 186 valence electrons. The molecule has 0 bridgehead atoms.